The van der Waals surface area contributed by atoms with E-state index in [0.29, 0.717) is 6.54 Å². The van der Waals surface area contributed by atoms with Crippen molar-refractivity contribution in [1.82, 2.24) is 4.90 Å². The van der Waals surface area contributed by atoms with E-state index in [9.17, 15) is 4.79 Å². The molecular weight excluding hydrogens is 406 g/mol. The SMILES string of the molecule is CCCCCCCCCCCCN(CCCCCCCCCCCC)CC(=O)OC(C)(C)C. The van der Waals surface area contributed by atoms with Gasteiger partial charge in [-0.1, -0.05) is 129 Å². The molecule has 0 heterocycles. The Kier molecular flexibility index (Phi) is 22.8. The maximum atomic E-state index is 12.4. The van der Waals surface area contributed by atoms with Gasteiger partial charge in [0, 0.05) is 0 Å². The first-order chi connectivity index (χ1) is 15.9. The van der Waals surface area contributed by atoms with Crippen molar-refractivity contribution >= 4 is 5.97 Å². The first-order valence-electron chi connectivity index (χ1n) is 14.8. The van der Waals surface area contributed by atoms with E-state index in [4.69, 9.17) is 4.74 Å². The number of hydrogen-bond acceptors (Lipinski definition) is 3. The van der Waals surface area contributed by atoms with Crippen LogP contribution in [-0.2, 0) is 9.53 Å². The third-order valence-electron chi connectivity index (χ3n) is 6.43. The zero-order valence-corrected chi connectivity index (χ0v) is 23.5. The van der Waals surface area contributed by atoms with Crippen molar-refractivity contribution in [2.75, 3.05) is 19.6 Å². The molecule has 0 aromatic rings. The first-order valence-corrected chi connectivity index (χ1v) is 14.8. The van der Waals surface area contributed by atoms with E-state index in [-0.39, 0.29) is 5.97 Å². The van der Waals surface area contributed by atoms with Crippen LogP contribution < -0.4 is 0 Å². The largest absolute Gasteiger partial charge is 0.459 e. The van der Waals surface area contributed by atoms with Gasteiger partial charge in [0.05, 0.1) is 6.54 Å². The minimum absolute atomic E-state index is 0.0679. The molecule has 0 aliphatic heterocycles. The minimum Gasteiger partial charge on any atom is -0.459 e. The smallest absolute Gasteiger partial charge is 0.320 e. The molecular formula is C30H61NO2. The number of ether oxygens (including phenoxy) is 1. The van der Waals surface area contributed by atoms with Crippen LogP contribution in [0.15, 0.2) is 0 Å². The van der Waals surface area contributed by atoms with Crippen LogP contribution in [0, 0.1) is 0 Å². The van der Waals surface area contributed by atoms with Crippen molar-refractivity contribution in [3.8, 4) is 0 Å². The van der Waals surface area contributed by atoms with Gasteiger partial charge in [-0.15, -0.1) is 0 Å². The quantitative estimate of drug-likeness (QED) is 0.104. The number of esters is 1. The average Bonchev–Trinajstić information content (AvgIpc) is 2.74. The molecule has 0 aliphatic rings. The van der Waals surface area contributed by atoms with Gasteiger partial charge in [0.2, 0.25) is 0 Å². The standard InChI is InChI=1S/C30H61NO2/c1-6-8-10-12-14-16-18-20-22-24-26-31(28-29(32)33-30(3,4)5)27-25-23-21-19-17-15-13-11-9-7-2/h6-28H2,1-5H3. The molecule has 3 nitrogen and oxygen atoms in total. The maximum Gasteiger partial charge on any atom is 0.320 e. The lowest BCUT2D eigenvalue weighted by molar-refractivity contribution is -0.156. The molecule has 0 radical (unpaired) electrons. The molecule has 0 amide bonds. The first kappa shape index (κ1) is 32.4. The Morgan fingerprint density at radius 2 is 0.848 bits per heavy atom. The van der Waals surface area contributed by atoms with Crippen LogP contribution in [0.3, 0.4) is 0 Å². The zero-order chi connectivity index (χ0) is 24.6. The van der Waals surface area contributed by atoms with Crippen LogP contribution in [0.5, 0.6) is 0 Å². The molecule has 0 bridgehead atoms. The monoisotopic (exact) mass is 467 g/mol. The lowest BCUT2D eigenvalue weighted by Gasteiger charge is -2.25. The van der Waals surface area contributed by atoms with Crippen molar-refractivity contribution in [3.05, 3.63) is 0 Å². The summed E-state index contributed by atoms with van der Waals surface area (Å²) in [4.78, 5) is 14.7. The number of rotatable bonds is 24. The van der Waals surface area contributed by atoms with Crippen LogP contribution in [-0.4, -0.2) is 36.1 Å². The molecule has 0 spiro atoms. The molecule has 33 heavy (non-hydrogen) atoms. The van der Waals surface area contributed by atoms with Crippen molar-refractivity contribution < 1.29 is 9.53 Å². The normalized spacial score (nSPS) is 11.9. The number of unbranched alkanes of at least 4 members (excludes halogenated alkanes) is 18. The fourth-order valence-electron chi connectivity index (χ4n) is 4.47. The number of hydrogen-bond donors (Lipinski definition) is 0. The molecule has 3 heteroatoms. The van der Waals surface area contributed by atoms with Crippen molar-refractivity contribution in [2.24, 2.45) is 0 Å². The summed E-state index contributed by atoms with van der Waals surface area (Å²) in [5.74, 6) is -0.0679. The Labute approximate surface area is 208 Å². The van der Waals surface area contributed by atoms with E-state index in [1.807, 2.05) is 20.8 Å². The van der Waals surface area contributed by atoms with E-state index in [0.717, 1.165) is 13.1 Å². The van der Waals surface area contributed by atoms with Crippen LogP contribution >= 0.6 is 0 Å². The number of nitrogens with zero attached hydrogens (tertiary/aromatic N) is 1. The third-order valence-corrected chi connectivity index (χ3v) is 6.43. The second-order valence-corrected chi connectivity index (χ2v) is 11.2. The van der Waals surface area contributed by atoms with Gasteiger partial charge >= 0.3 is 5.97 Å². The van der Waals surface area contributed by atoms with Crippen LogP contribution in [0.2, 0.25) is 0 Å². The zero-order valence-electron chi connectivity index (χ0n) is 23.5. The highest BCUT2D eigenvalue weighted by Crippen LogP contribution is 2.14. The molecule has 0 saturated carbocycles. The Hall–Kier alpha value is -0.570. The van der Waals surface area contributed by atoms with E-state index in [1.54, 1.807) is 0 Å². The summed E-state index contributed by atoms with van der Waals surface area (Å²) in [6.45, 7) is 13.0. The van der Waals surface area contributed by atoms with Gasteiger partial charge in [-0.2, -0.15) is 0 Å². The molecule has 0 aromatic heterocycles. The van der Waals surface area contributed by atoms with Gasteiger partial charge in [-0.3, -0.25) is 9.69 Å². The lowest BCUT2D eigenvalue weighted by Crippen LogP contribution is -2.36. The second kappa shape index (κ2) is 23.2. The molecule has 198 valence electrons. The summed E-state index contributed by atoms with van der Waals surface area (Å²) in [6.07, 6.45) is 27.1. The maximum absolute atomic E-state index is 12.4. The van der Waals surface area contributed by atoms with Crippen molar-refractivity contribution in [3.63, 3.8) is 0 Å². The summed E-state index contributed by atoms with van der Waals surface area (Å²) in [7, 11) is 0. The summed E-state index contributed by atoms with van der Waals surface area (Å²) in [5, 5.41) is 0. The molecule has 0 aromatic carbocycles. The molecule has 0 unspecified atom stereocenters. The Morgan fingerprint density at radius 1 is 0.545 bits per heavy atom. The van der Waals surface area contributed by atoms with Gasteiger partial charge in [-0.05, 0) is 46.7 Å². The topological polar surface area (TPSA) is 29.5 Å². The molecule has 0 fully saturated rings. The molecule has 0 rings (SSSR count). The Morgan fingerprint density at radius 3 is 1.15 bits per heavy atom. The summed E-state index contributed by atoms with van der Waals surface area (Å²) in [5.41, 5.74) is -0.392. The van der Waals surface area contributed by atoms with Gasteiger partial charge in [0.15, 0.2) is 0 Å². The van der Waals surface area contributed by atoms with Crippen LogP contribution in [0.25, 0.3) is 0 Å². The molecule has 0 saturated heterocycles. The molecule has 0 aliphatic carbocycles. The Balaban J connectivity index is 3.99. The lowest BCUT2D eigenvalue weighted by atomic mass is 10.1. The molecule has 0 N–H and O–H groups in total. The number of carbonyl (C=O) groups is 1. The average molecular weight is 468 g/mol. The predicted molar refractivity (Wildman–Crippen MR) is 146 cm³/mol. The van der Waals surface area contributed by atoms with Gasteiger partial charge in [0.1, 0.15) is 5.60 Å². The van der Waals surface area contributed by atoms with Gasteiger partial charge in [0.25, 0.3) is 0 Å². The van der Waals surface area contributed by atoms with E-state index >= 15 is 0 Å². The highest BCUT2D eigenvalue weighted by molar-refractivity contribution is 5.72. The van der Waals surface area contributed by atoms with Gasteiger partial charge < -0.3 is 4.74 Å². The summed E-state index contributed by atoms with van der Waals surface area (Å²) >= 11 is 0. The predicted octanol–water partition coefficient (Wildman–Crippen LogP) is 9.47. The van der Waals surface area contributed by atoms with Crippen LogP contribution in [0.1, 0.15) is 163 Å². The summed E-state index contributed by atoms with van der Waals surface area (Å²) < 4.78 is 5.59. The highest BCUT2D eigenvalue weighted by atomic mass is 16.6. The second-order valence-electron chi connectivity index (χ2n) is 11.2. The van der Waals surface area contributed by atoms with Crippen LogP contribution in [0.4, 0.5) is 0 Å². The van der Waals surface area contributed by atoms with E-state index in [1.165, 1.54) is 128 Å². The minimum atomic E-state index is -0.392. The summed E-state index contributed by atoms with van der Waals surface area (Å²) in [6, 6.07) is 0. The third kappa shape index (κ3) is 25.9. The molecule has 0 atom stereocenters. The highest BCUT2D eigenvalue weighted by Gasteiger charge is 2.18. The van der Waals surface area contributed by atoms with Gasteiger partial charge in [-0.25, -0.2) is 0 Å². The fraction of sp³-hybridized carbons (Fsp3) is 0.967. The van der Waals surface area contributed by atoms with E-state index in [2.05, 4.69) is 18.7 Å². The van der Waals surface area contributed by atoms with Crippen molar-refractivity contribution in [1.29, 1.82) is 0 Å². The number of carbonyl (C=O) groups excluding carboxylic acids is 1. The van der Waals surface area contributed by atoms with E-state index < -0.39 is 5.60 Å². The van der Waals surface area contributed by atoms with Crippen molar-refractivity contribution in [2.45, 2.75) is 169 Å². The Bertz CT molecular complexity index is 392. The fourth-order valence-corrected chi connectivity index (χ4v) is 4.47.